The average molecular weight is 1020 g/mol. The summed E-state index contributed by atoms with van der Waals surface area (Å²) in [6, 6.07) is 27.3. The SMILES string of the molecule is CC(C)C[C@H](NC(=O)[C@H](CSSC[C@H](NC(=O)OCC1c2ccccc2-c2ccccc21)C(=O)N[C@@H](CC(C)C)C(=O)OC(C)(C)C)NC(=O)OCC1c2ccccc2-c2ccccc21)C(=O)OC(C)(C)C. The third-order valence-electron chi connectivity index (χ3n) is 11.9. The van der Waals surface area contributed by atoms with E-state index in [0.717, 1.165) is 66.1 Å². The molecule has 0 bridgehead atoms. The van der Waals surface area contributed by atoms with E-state index in [1.807, 2.05) is 125 Å². The smallest absolute Gasteiger partial charge is 0.407 e. The van der Waals surface area contributed by atoms with Crippen molar-refractivity contribution in [1.29, 1.82) is 0 Å². The molecule has 0 unspecified atom stereocenters. The second-order valence-electron chi connectivity index (χ2n) is 21.1. The number of hydrogen-bond acceptors (Lipinski definition) is 12. The van der Waals surface area contributed by atoms with Gasteiger partial charge in [-0.1, -0.05) is 146 Å². The summed E-state index contributed by atoms with van der Waals surface area (Å²) in [5, 5.41) is 11.1. The molecule has 0 saturated carbocycles. The molecule has 4 atom stereocenters. The Labute approximate surface area is 432 Å². The summed E-state index contributed by atoms with van der Waals surface area (Å²) in [6.07, 6.45) is -1.13. The van der Waals surface area contributed by atoms with Crippen molar-refractivity contribution in [3.63, 3.8) is 0 Å². The second-order valence-corrected chi connectivity index (χ2v) is 23.6. The van der Waals surface area contributed by atoms with Crippen LogP contribution < -0.4 is 21.3 Å². The van der Waals surface area contributed by atoms with Gasteiger partial charge >= 0.3 is 24.1 Å². The van der Waals surface area contributed by atoms with Crippen LogP contribution in [0, 0.1) is 11.8 Å². The van der Waals surface area contributed by atoms with Gasteiger partial charge in [-0.3, -0.25) is 9.59 Å². The van der Waals surface area contributed by atoms with Crippen molar-refractivity contribution < 1.29 is 47.7 Å². The Bertz CT molecular complexity index is 2310. The fourth-order valence-corrected chi connectivity index (χ4v) is 11.2. The predicted octanol–water partition coefficient (Wildman–Crippen LogP) is 9.93. The van der Waals surface area contributed by atoms with E-state index >= 15 is 0 Å². The normalized spacial score (nSPS) is 14.7. The minimum absolute atomic E-state index is 0.00338. The van der Waals surface area contributed by atoms with Gasteiger partial charge in [0.15, 0.2) is 0 Å². The average Bonchev–Trinajstić information content (AvgIpc) is 3.80. The molecule has 2 aliphatic rings. The van der Waals surface area contributed by atoms with E-state index in [0.29, 0.717) is 0 Å². The summed E-state index contributed by atoms with van der Waals surface area (Å²) in [5.74, 6) is -3.05. The lowest BCUT2D eigenvalue weighted by Gasteiger charge is -2.27. The molecular weight excluding hydrogens is 953 g/mol. The van der Waals surface area contributed by atoms with E-state index in [1.54, 1.807) is 41.5 Å². The Morgan fingerprint density at radius 1 is 0.458 bits per heavy atom. The van der Waals surface area contributed by atoms with E-state index in [-0.39, 0.29) is 61.2 Å². The summed E-state index contributed by atoms with van der Waals surface area (Å²) in [6.45, 7) is 18.1. The molecule has 4 aromatic carbocycles. The number of fused-ring (bicyclic) bond motifs is 6. The van der Waals surface area contributed by atoms with Crippen molar-refractivity contribution in [3.05, 3.63) is 119 Å². The van der Waals surface area contributed by atoms with Crippen LogP contribution >= 0.6 is 21.6 Å². The number of carbonyl (C=O) groups is 6. The summed E-state index contributed by atoms with van der Waals surface area (Å²) in [4.78, 5) is 82.7. The molecule has 0 radical (unpaired) electrons. The van der Waals surface area contributed by atoms with Crippen LogP contribution in [0.3, 0.4) is 0 Å². The Morgan fingerprint density at radius 3 is 1.03 bits per heavy atom. The standard InChI is InChI=1S/C56H70N4O10S2/c1-33(2)27-45(51(63)69-55(5,6)7)57-49(61)47(59-53(65)67-29-43-39-23-15-11-19-35(39)36-20-12-16-24-40(36)43)31-71-72-32-48(50(62)58-46(28-34(3)4)52(64)70-56(8,9)10)60-54(66)68-30-44-41-25-17-13-21-37(41)38-22-14-18-26-42(38)44/h11-26,33-34,43-48H,27-32H2,1-10H3,(H,57,61)(H,58,62)(H,59,65)(H,60,66)/t45-,46-,47-,48-/m0/s1. The lowest BCUT2D eigenvalue weighted by molar-refractivity contribution is -0.159. The quantitative estimate of drug-likeness (QED) is 0.0268. The van der Waals surface area contributed by atoms with Gasteiger partial charge in [0.25, 0.3) is 0 Å². The molecular formula is C56H70N4O10S2. The van der Waals surface area contributed by atoms with Crippen molar-refractivity contribution in [1.82, 2.24) is 21.3 Å². The molecule has 4 aromatic rings. The van der Waals surface area contributed by atoms with Crippen molar-refractivity contribution in [3.8, 4) is 22.3 Å². The molecule has 0 fully saturated rings. The van der Waals surface area contributed by atoms with Crippen LogP contribution in [0.4, 0.5) is 9.59 Å². The third kappa shape index (κ3) is 15.3. The van der Waals surface area contributed by atoms with Gasteiger partial charge < -0.3 is 40.2 Å². The van der Waals surface area contributed by atoms with Gasteiger partial charge in [0.05, 0.1) is 0 Å². The maximum absolute atomic E-state index is 14.2. The number of esters is 2. The van der Waals surface area contributed by atoms with Crippen LogP contribution in [-0.4, -0.2) is 96.0 Å². The number of hydrogen-bond donors (Lipinski definition) is 4. The van der Waals surface area contributed by atoms with E-state index in [1.165, 1.54) is 0 Å². The first kappa shape index (κ1) is 55.3. The lowest BCUT2D eigenvalue weighted by Crippen LogP contribution is -2.54. The number of carbonyl (C=O) groups excluding carboxylic acids is 6. The van der Waals surface area contributed by atoms with E-state index in [4.69, 9.17) is 18.9 Å². The first-order chi connectivity index (χ1) is 34.1. The zero-order valence-electron chi connectivity index (χ0n) is 43.0. The number of amides is 4. The van der Waals surface area contributed by atoms with Gasteiger partial charge in [-0.05, 0) is 111 Å². The van der Waals surface area contributed by atoms with Crippen LogP contribution in [0.5, 0.6) is 0 Å². The van der Waals surface area contributed by atoms with Gasteiger partial charge in [-0.2, -0.15) is 0 Å². The first-order valence-electron chi connectivity index (χ1n) is 24.6. The van der Waals surface area contributed by atoms with Crippen molar-refractivity contribution in [2.45, 2.75) is 129 Å². The maximum Gasteiger partial charge on any atom is 0.407 e. The highest BCUT2D eigenvalue weighted by Gasteiger charge is 2.35. The topological polar surface area (TPSA) is 187 Å². The molecule has 0 aromatic heterocycles. The molecule has 386 valence electrons. The largest absolute Gasteiger partial charge is 0.458 e. The Morgan fingerprint density at radius 2 is 0.750 bits per heavy atom. The number of alkyl carbamates (subject to hydrolysis) is 2. The molecule has 4 N–H and O–H groups in total. The first-order valence-corrected chi connectivity index (χ1v) is 27.1. The highest BCUT2D eigenvalue weighted by molar-refractivity contribution is 8.76. The van der Waals surface area contributed by atoms with Gasteiger partial charge in [0, 0.05) is 23.3 Å². The molecule has 16 heteroatoms. The number of benzene rings is 4. The summed E-state index contributed by atoms with van der Waals surface area (Å²) >= 11 is 0. The number of ether oxygens (including phenoxy) is 4. The van der Waals surface area contributed by atoms with E-state index in [2.05, 4.69) is 21.3 Å². The number of nitrogens with one attached hydrogen (secondary N) is 4. The second kappa shape index (κ2) is 24.6. The molecule has 4 amide bonds. The number of rotatable bonds is 21. The fourth-order valence-electron chi connectivity index (χ4n) is 8.82. The van der Waals surface area contributed by atoms with Crippen molar-refractivity contribution in [2.24, 2.45) is 11.8 Å². The van der Waals surface area contributed by atoms with Crippen LogP contribution in [0.2, 0.25) is 0 Å². The highest BCUT2D eigenvalue weighted by Crippen LogP contribution is 2.46. The molecule has 0 heterocycles. The minimum Gasteiger partial charge on any atom is -0.458 e. The van der Waals surface area contributed by atoms with Crippen molar-refractivity contribution in [2.75, 3.05) is 24.7 Å². The predicted molar refractivity (Wildman–Crippen MR) is 283 cm³/mol. The highest BCUT2D eigenvalue weighted by atomic mass is 33.1. The molecule has 6 rings (SSSR count). The zero-order valence-corrected chi connectivity index (χ0v) is 44.6. The Hall–Kier alpha value is -6.00. The van der Waals surface area contributed by atoms with E-state index < -0.39 is 71.3 Å². The third-order valence-corrected chi connectivity index (χ3v) is 14.3. The summed E-state index contributed by atoms with van der Waals surface area (Å²) < 4.78 is 23.0. The molecule has 0 saturated heterocycles. The summed E-state index contributed by atoms with van der Waals surface area (Å²) in [7, 11) is 2.31. The minimum atomic E-state index is -1.22. The monoisotopic (exact) mass is 1020 g/mol. The molecule has 0 spiro atoms. The van der Waals surface area contributed by atoms with Crippen LogP contribution in [0.25, 0.3) is 22.3 Å². The Balaban J connectivity index is 1.18. The van der Waals surface area contributed by atoms with Crippen molar-refractivity contribution >= 4 is 57.5 Å². The van der Waals surface area contributed by atoms with Crippen LogP contribution in [-0.2, 0) is 38.1 Å². The fraction of sp³-hybridized carbons (Fsp3) is 0.464. The van der Waals surface area contributed by atoms with Crippen LogP contribution in [0.15, 0.2) is 97.1 Å². The molecule has 2 aliphatic carbocycles. The van der Waals surface area contributed by atoms with Crippen LogP contribution in [0.1, 0.15) is 116 Å². The van der Waals surface area contributed by atoms with E-state index in [9.17, 15) is 28.8 Å². The van der Waals surface area contributed by atoms with Gasteiger partial charge in [0.2, 0.25) is 11.8 Å². The van der Waals surface area contributed by atoms with Gasteiger partial charge in [0.1, 0.15) is 48.6 Å². The molecule has 72 heavy (non-hydrogen) atoms. The van der Waals surface area contributed by atoms with Gasteiger partial charge in [-0.25, -0.2) is 19.2 Å². The lowest BCUT2D eigenvalue weighted by atomic mass is 9.98. The maximum atomic E-state index is 14.2. The summed E-state index contributed by atoms with van der Waals surface area (Å²) in [5.41, 5.74) is 6.70. The Kier molecular flexibility index (Phi) is 18.9. The van der Waals surface area contributed by atoms with Gasteiger partial charge in [-0.15, -0.1) is 0 Å². The molecule has 14 nitrogen and oxygen atoms in total. The molecule has 0 aliphatic heterocycles. The zero-order chi connectivity index (χ0) is 52.3.